The van der Waals surface area contributed by atoms with E-state index in [2.05, 4.69) is 10.2 Å². The van der Waals surface area contributed by atoms with E-state index in [4.69, 9.17) is 9.72 Å². The molecule has 2 fully saturated rings. The molecule has 3 rings (SSSR count). The lowest BCUT2D eigenvalue weighted by Gasteiger charge is -2.30. The molecular formula is C18H32N4O3S. The molecule has 2 aliphatic rings. The molecule has 1 aliphatic carbocycles. The maximum absolute atomic E-state index is 12.6. The van der Waals surface area contributed by atoms with E-state index >= 15 is 0 Å². The van der Waals surface area contributed by atoms with E-state index in [9.17, 15) is 8.42 Å². The second-order valence-electron chi connectivity index (χ2n) is 7.85. The fraction of sp³-hybridized carbons (Fsp3) is 0.889. The number of nitrogens with zero attached hydrogens (tertiary/aromatic N) is 3. The minimum atomic E-state index is -3.29. The van der Waals surface area contributed by atoms with Crippen LogP contribution in [0, 0.1) is 0 Å². The van der Waals surface area contributed by atoms with Crippen LogP contribution in [0.25, 0.3) is 0 Å². The topological polar surface area (TPSA) is 88.2 Å². The van der Waals surface area contributed by atoms with Crippen LogP contribution in [-0.2, 0) is 14.8 Å². The second kappa shape index (κ2) is 8.80. The van der Waals surface area contributed by atoms with Crippen molar-refractivity contribution in [2.24, 2.45) is 0 Å². The lowest BCUT2D eigenvalue weighted by atomic mass is 9.89. The van der Waals surface area contributed by atoms with Crippen molar-refractivity contribution in [3.05, 3.63) is 11.6 Å². The van der Waals surface area contributed by atoms with Gasteiger partial charge in [-0.25, -0.2) is 17.7 Å². The Hall–Kier alpha value is -0.990. The van der Waals surface area contributed by atoms with Gasteiger partial charge in [0, 0.05) is 24.9 Å². The van der Waals surface area contributed by atoms with Gasteiger partial charge in [0.1, 0.15) is 5.82 Å². The summed E-state index contributed by atoms with van der Waals surface area (Å²) in [6.45, 7) is 5.13. The molecule has 7 nitrogen and oxygen atoms in total. The Kier molecular flexibility index (Phi) is 6.69. The van der Waals surface area contributed by atoms with E-state index in [1.165, 1.54) is 32.1 Å². The maximum atomic E-state index is 12.6. The fourth-order valence-corrected chi connectivity index (χ4v) is 5.33. The lowest BCUT2D eigenvalue weighted by molar-refractivity contribution is 0.0905. The van der Waals surface area contributed by atoms with Gasteiger partial charge in [-0.05, 0) is 39.5 Å². The van der Waals surface area contributed by atoms with Crippen molar-refractivity contribution in [1.29, 1.82) is 0 Å². The van der Waals surface area contributed by atoms with Crippen LogP contribution in [-0.4, -0.2) is 59.5 Å². The van der Waals surface area contributed by atoms with Gasteiger partial charge in [0.2, 0.25) is 10.0 Å². The van der Waals surface area contributed by atoms with Gasteiger partial charge in [0.15, 0.2) is 5.82 Å². The highest BCUT2D eigenvalue weighted by Crippen LogP contribution is 2.32. The third kappa shape index (κ3) is 5.04. The maximum Gasteiger partial charge on any atom is 0.216 e. The van der Waals surface area contributed by atoms with Gasteiger partial charge in [-0.3, -0.25) is 5.10 Å². The SMILES string of the molecule is CC(C)OCCS(=O)(=O)N1CCCC(c2n[nH]c(C3CCCCC3)n2)C1. The van der Waals surface area contributed by atoms with Gasteiger partial charge >= 0.3 is 0 Å². The van der Waals surface area contributed by atoms with Crippen LogP contribution < -0.4 is 0 Å². The third-order valence-electron chi connectivity index (χ3n) is 5.45. The number of rotatable bonds is 7. The summed E-state index contributed by atoms with van der Waals surface area (Å²) < 4.78 is 32.2. The molecule has 1 N–H and O–H groups in total. The van der Waals surface area contributed by atoms with E-state index in [1.54, 1.807) is 4.31 Å². The van der Waals surface area contributed by atoms with E-state index in [-0.39, 0.29) is 24.4 Å². The third-order valence-corrected chi connectivity index (χ3v) is 7.25. The van der Waals surface area contributed by atoms with Crippen molar-refractivity contribution < 1.29 is 13.2 Å². The Morgan fingerprint density at radius 1 is 1.15 bits per heavy atom. The lowest BCUT2D eigenvalue weighted by Crippen LogP contribution is -2.41. The zero-order valence-corrected chi connectivity index (χ0v) is 16.8. The van der Waals surface area contributed by atoms with Crippen molar-refractivity contribution in [3.63, 3.8) is 0 Å². The zero-order valence-electron chi connectivity index (χ0n) is 16.0. The molecule has 0 spiro atoms. The molecule has 0 aromatic carbocycles. The first-order chi connectivity index (χ1) is 12.5. The number of piperidine rings is 1. The Balaban J connectivity index is 1.60. The first-order valence-corrected chi connectivity index (χ1v) is 11.6. The number of sulfonamides is 1. The van der Waals surface area contributed by atoms with Crippen LogP contribution in [0.5, 0.6) is 0 Å². The average Bonchev–Trinajstić information content (AvgIpc) is 3.12. The van der Waals surface area contributed by atoms with Crippen LogP contribution in [0.2, 0.25) is 0 Å². The van der Waals surface area contributed by atoms with Gasteiger partial charge in [0.25, 0.3) is 0 Å². The molecule has 1 aromatic rings. The minimum Gasteiger partial charge on any atom is -0.378 e. The van der Waals surface area contributed by atoms with E-state index in [0.29, 0.717) is 19.0 Å². The average molecular weight is 385 g/mol. The predicted octanol–water partition coefficient (Wildman–Crippen LogP) is 2.79. The van der Waals surface area contributed by atoms with Gasteiger partial charge in [-0.1, -0.05) is 19.3 Å². The molecule has 1 aliphatic heterocycles. The molecule has 1 aromatic heterocycles. The van der Waals surface area contributed by atoms with Crippen LogP contribution >= 0.6 is 0 Å². The fourth-order valence-electron chi connectivity index (χ4n) is 3.95. The summed E-state index contributed by atoms with van der Waals surface area (Å²) in [7, 11) is -3.29. The largest absolute Gasteiger partial charge is 0.378 e. The monoisotopic (exact) mass is 384 g/mol. The summed E-state index contributed by atoms with van der Waals surface area (Å²) in [6, 6.07) is 0. The summed E-state index contributed by atoms with van der Waals surface area (Å²) in [6.07, 6.45) is 8.02. The Labute approximate surface area is 157 Å². The standard InChI is InChI=1S/C18H32N4O3S/c1-14(2)25-11-12-26(23,24)22-10-6-9-16(13-22)18-19-17(20-21-18)15-7-4-3-5-8-15/h14-16H,3-13H2,1-2H3,(H,19,20,21). The number of hydrogen-bond donors (Lipinski definition) is 1. The summed E-state index contributed by atoms with van der Waals surface area (Å²) in [5.74, 6) is 2.38. The summed E-state index contributed by atoms with van der Waals surface area (Å²) in [5.41, 5.74) is 0. The molecule has 1 atom stereocenters. The molecule has 1 saturated carbocycles. The Bertz CT molecular complexity index is 668. The van der Waals surface area contributed by atoms with Crippen LogP contribution in [0.1, 0.15) is 82.3 Å². The molecule has 0 radical (unpaired) electrons. The number of aromatic amines is 1. The molecular weight excluding hydrogens is 352 g/mol. The quantitative estimate of drug-likeness (QED) is 0.781. The zero-order chi connectivity index (χ0) is 18.6. The predicted molar refractivity (Wildman–Crippen MR) is 101 cm³/mol. The van der Waals surface area contributed by atoms with E-state index in [1.807, 2.05) is 13.8 Å². The highest BCUT2D eigenvalue weighted by atomic mass is 32.2. The molecule has 2 heterocycles. The van der Waals surface area contributed by atoms with Crippen LogP contribution in [0.4, 0.5) is 0 Å². The Morgan fingerprint density at radius 3 is 2.62 bits per heavy atom. The van der Waals surface area contributed by atoms with Crippen LogP contribution in [0.3, 0.4) is 0 Å². The molecule has 26 heavy (non-hydrogen) atoms. The van der Waals surface area contributed by atoms with Crippen LogP contribution in [0.15, 0.2) is 0 Å². The van der Waals surface area contributed by atoms with E-state index < -0.39 is 10.0 Å². The Morgan fingerprint density at radius 2 is 1.88 bits per heavy atom. The number of aromatic nitrogens is 3. The van der Waals surface area contributed by atoms with Crippen molar-refractivity contribution in [2.45, 2.75) is 76.7 Å². The second-order valence-corrected chi connectivity index (χ2v) is 9.93. The molecule has 8 heteroatoms. The van der Waals surface area contributed by atoms with Gasteiger partial charge in [-0.2, -0.15) is 5.10 Å². The van der Waals surface area contributed by atoms with Gasteiger partial charge in [-0.15, -0.1) is 0 Å². The summed E-state index contributed by atoms with van der Waals surface area (Å²) in [5, 5.41) is 7.56. The number of H-pyrrole nitrogens is 1. The highest BCUT2D eigenvalue weighted by Gasteiger charge is 2.32. The van der Waals surface area contributed by atoms with Crippen molar-refractivity contribution in [2.75, 3.05) is 25.4 Å². The molecule has 148 valence electrons. The molecule has 1 unspecified atom stereocenters. The van der Waals surface area contributed by atoms with Crippen molar-refractivity contribution >= 4 is 10.0 Å². The number of ether oxygens (including phenoxy) is 1. The minimum absolute atomic E-state index is 0.0409. The number of hydrogen-bond acceptors (Lipinski definition) is 5. The smallest absolute Gasteiger partial charge is 0.216 e. The molecule has 0 amide bonds. The first kappa shape index (κ1) is 19.8. The molecule has 1 saturated heterocycles. The first-order valence-electron chi connectivity index (χ1n) is 9.97. The van der Waals surface area contributed by atoms with Crippen molar-refractivity contribution in [3.8, 4) is 0 Å². The highest BCUT2D eigenvalue weighted by molar-refractivity contribution is 7.89. The normalized spacial score (nSPS) is 23.6. The molecule has 0 bridgehead atoms. The summed E-state index contributed by atoms with van der Waals surface area (Å²) in [4.78, 5) is 4.75. The van der Waals surface area contributed by atoms with E-state index in [0.717, 1.165) is 24.5 Å². The van der Waals surface area contributed by atoms with Gasteiger partial charge < -0.3 is 4.74 Å². The summed E-state index contributed by atoms with van der Waals surface area (Å²) >= 11 is 0. The van der Waals surface area contributed by atoms with Crippen molar-refractivity contribution in [1.82, 2.24) is 19.5 Å². The van der Waals surface area contributed by atoms with Gasteiger partial charge in [0.05, 0.1) is 18.5 Å². The number of nitrogens with one attached hydrogen (secondary N) is 1.